The molecule has 3 nitrogen and oxygen atoms in total. The van der Waals surface area contributed by atoms with E-state index in [0.29, 0.717) is 12.5 Å². The SMILES string of the molecule is CC(CN)N(C)C(=O)CC1CCCC1. The molecular formula is C11H22N2O. The van der Waals surface area contributed by atoms with Gasteiger partial charge in [0.2, 0.25) is 5.91 Å². The molecule has 0 aliphatic heterocycles. The van der Waals surface area contributed by atoms with Crippen molar-refractivity contribution in [2.75, 3.05) is 13.6 Å². The van der Waals surface area contributed by atoms with Crippen LogP contribution in [-0.4, -0.2) is 30.4 Å². The zero-order valence-corrected chi connectivity index (χ0v) is 9.33. The normalized spacial score (nSPS) is 19.6. The molecule has 0 aromatic heterocycles. The maximum absolute atomic E-state index is 11.8. The Balaban J connectivity index is 2.32. The maximum atomic E-state index is 11.8. The molecule has 1 aliphatic carbocycles. The number of nitrogens with two attached hydrogens (primary N) is 1. The number of nitrogens with zero attached hydrogens (tertiary/aromatic N) is 1. The molecule has 0 radical (unpaired) electrons. The van der Waals surface area contributed by atoms with E-state index in [4.69, 9.17) is 5.73 Å². The van der Waals surface area contributed by atoms with Crippen LogP contribution in [0.5, 0.6) is 0 Å². The van der Waals surface area contributed by atoms with Gasteiger partial charge in [0.25, 0.3) is 0 Å². The van der Waals surface area contributed by atoms with Gasteiger partial charge >= 0.3 is 0 Å². The fraction of sp³-hybridized carbons (Fsp3) is 0.909. The molecule has 1 aliphatic rings. The fourth-order valence-electron chi connectivity index (χ4n) is 2.01. The average Bonchev–Trinajstić information content (AvgIpc) is 2.68. The summed E-state index contributed by atoms with van der Waals surface area (Å²) in [6.07, 6.45) is 5.79. The van der Waals surface area contributed by atoms with Crippen molar-refractivity contribution in [2.24, 2.45) is 11.7 Å². The minimum absolute atomic E-state index is 0.170. The van der Waals surface area contributed by atoms with Crippen LogP contribution in [0.3, 0.4) is 0 Å². The van der Waals surface area contributed by atoms with Crippen molar-refractivity contribution in [2.45, 2.75) is 45.1 Å². The van der Waals surface area contributed by atoms with Crippen molar-refractivity contribution < 1.29 is 4.79 Å². The quantitative estimate of drug-likeness (QED) is 0.741. The highest BCUT2D eigenvalue weighted by Crippen LogP contribution is 2.27. The highest BCUT2D eigenvalue weighted by Gasteiger charge is 2.21. The van der Waals surface area contributed by atoms with Gasteiger partial charge < -0.3 is 10.6 Å². The van der Waals surface area contributed by atoms with E-state index in [1.165, 1.54) is 25.7 Å². The van der Waals surface area contributed by atoms with Gasteiger partial charge in [-0.25, -0.2) is 0 Å². The molecule has 0 heterocycles. The first-order valence-corrected chi connectivity index (χ1v) is 5.61. The van der Waals surface area contributed by atoms with Crippen LogP contribution in [0, 0.1) is 5.92 Å². The number of carbonyl (C=O) groups is 1. The molecule has 0 bridgehead atoms. The van der Waals surface area contributed by atoms with E-state index in [2.05, 4.69) is 0 Å². The Morgan fingerprint density at radius 3 is 2.57 bits per heavy atom. The third kappa shape index (κ3) is 2.98. The summed E-state index contributed by atoms with van der Waals surface area (Å²) >= 11 is 0. The zero-order valence-electron chi connectivity index (χ0n) is 9.33. The van der Waals surface area contributed by atoms with E-state index in [1.54, 1.807) is 4.90 Å². The topological polar surface area (TPSA) is 46.3 Å². The van der Waals surface area contributed by atoms with E-state index in [-0.39, 0.29) is 11.9 Å². The third-order valence-electron chi connectivity index (χ3n) is 3.33. The van der Waals surface area contributed by atoms with Crippen LogP contribution in [0.25, 0.3) is 0 Å². The van der Waals surface area contributed by atoms with E-state index in [9.17, 15) is 4.79 Å². The van der Waals surface area contributed by atoms with Gasteiger partial charge in [-0.15, -0.1) is 0 Å². The molecule has 1 unspecified atom stereocenters. The second kappa shape index (κ2) is 5.35. The number of hydrogen-bond acceptors (Lipinski definition) is 2. The van der Waals surface area contributed by atoms with E-state index >= 15 is 0 Å². The summed E-state index contributed by atoms with van der Waals surface area (Å²) in [5, 5.41) is 0. The van der Waals surface area contributed by atoms with E-state index < -0.39 is 0 Å². The van der Waals surface area contributed by atoms with Gasteiger partial charge in [0.15, 0.2) is 0 Å². The average molecular weight is 198 g/mol. The maximum Gasteiger partial charge on any atom is 0.222 e. The highest BCUT2D eigenvalue weighted by atomic mass is 16.2. The largest absolute Gasteiger partial charge is 0.342 e. The van der Waals surface area contributed by atoms with Gasteiger partial charge in [-0.05, 0) is 25.7 Å². The summed E-state index contributed by atoms with van der Waals surface area (Å²) in [6.45, 7) is 2.54. The molecule has 0 aromatic carbocycles. The Bertz CT molecular complexity index is 188. The monoisotopic (exact) mass is 198 g/mol. The van der Waals surface area contributed by atoms with Gasteiger partial charge in [0.05, 0.1) is 0 Å². The molecule has 14 heavy (non-hydrogen) atoms. The molecule has 1 amide bonds. The van der Waals surface area contributed by atoms with Crippen LogP contribution >= 0.6 is 0 Å². The van der Waals surface area contributed by atoms with Crippen molar-refractivity contribution in [1.82, 2.24) is 4.90 Å². The fourth-order valence-corrected chi connectivity index (χ4v) is 2.01. The first-order chi connectivity index (χ1) is 6.65. The van der Waals surface area contributed by atoms with E-state index in [0.717, 1.165) is 6.42 Å². The van der Waals surface area contributed by atoms with Crippen molar-refractivity contribution >= 4 is 5.91 Å². The molecule has 3 heteroatoms. The minimum Gasteiger partial charge on any atom is -0.342 e. The number of rotatable bonds is 4. The van der Waals surface area contributed by atoms with Gasteiger partial charge in [-0.1, -0.05) is 12.8 Å². The zero-order chi connectivity index (χ0) is 10.6. The van der Waals surface area contributed by atoms with Gasteiger partial charge in [-0.3, -0.25) is 4.79 Å². The minimum atomic E-state index is 0.170. The second-order valence-corrected chi connectivity index (χ2v) is 4.44. The van der Waals surface area contributed by atoms with Crippen molar-refractivity contribution in [3.63, 3.8) is 0 Å². The standard InChI is InChI=1S/C11H22N2O/c1-9(8-12)13(2)11(14)7-10-5-3-4-6-10/h9-10H,3-8,12H2,1-2H3. The number of amides is 1. The molecule has 1 rings (SSSR count). The number of carbonyl (C=O) groups excluding carboxylic acids is 1. The number of likely N-dealkylation sites (N-methyl/N-ethyl adjacent to an activating group) is 1. The van der Waals surface area contributed by atoms with E-state index in [1.807, 2.05) is 14.0 Å². The predicted molar refractivity (Wildman–Crippen MR) is 57.9 cm³/mol. The van der Waals surface area contributed by atoms with Gasteiger partial charge in [-0.2, -0.15) is 0 Å². The van der Waals surface area contributed by atoms with Crippen molar-refractivity contribution in [3.8, 4) is 0 Å². The second-order valence-electron chi connectivity index (χ2n) is 4.44. The first kappa shape index (κ1) is 11.5. The lowest BCUT2D eigenvalue weighted by Gasteiger charge is -2.24. The molecule has 1 atom stereocenters. The lowest BCUT2D eigenvalue weighted by molar-refractivity contribution is -0.132. The van der Waals surface area contributed by atoms with Crippen LogP contribution in [0.1, 0.15) is 39.0 Å². The number of hydrogen-bond donors (Lipinski definition) is 1. The van der Waals surface area contributed by atoms with Crippen molar-refractivity contribution in [3.05, 3.63) is 0 Å². The Hall–Kier alpha value is -0.570. The van der Waals surface area contributed by atoms with Crippen LogP contribution in [-0.2, 0) is 4.79 Å². The van der Waals surface area contributed by atoms with Crippen LogP contribution in [0.4, 0.5) is 0 Å². The van der Waals surface area contributed by atoms with Crippen molar-refractivity contribution in [1.29, 1.82) is 0 Å². The molecule has 2 N–H and O–H groups in total. The Morgan fingerprint density at radius 1 is 1.50 bits per heavy atom. The van der Waals surface area contributed by atoms with Crippen LogP contribution in [0.2, 0.25) is 0 Å². The predicted octanol–water partition coefficient (Wildman–Crippen LogP) is 1.37. The molecule has 1 fully saturated rings. The summed E-state index contributed by atoms with van der Waals surface area (Å²) in [7, 11) is 1.86. The molecule has 0 aromatic rings. The molecule has 82 valence electrons. The Kier molecular flexibility index (Phi) is 4.39. The Labute approximate surface area is 86.6 Å². The first-order valence-electron chi connectivity index (χ1n) is 5.61. The molecule has 0 saturated heterocycles. The van der Waals surface area contributed by atoms with Gasteiger partial charge in [0, 0.05) is 26.1 Å². The summed E-state index contributed by atoms with van der Waals surface area (Å²) < 4.78 is 0. The lowest BCUT2D eigenvalue weighted by atomic mass is 10.0. The Morgan fingerprint density at radius 2 is 2.07 bits per heavy atom. The third-order valence-corrected chi connectivity index (χ3v) is 3.33. The van der Waals surface area contributed by atoms with Crippen LogP contribution < -0.4 is 5.73 Å². The lowest BCUT2D eigenvalue weighted by Crippen LogP contribution is -2.40. The summed E-state index contributed by atoms with van der Waals surface area (Å²) in [5.74, 6) is 0.893. The summed E-state index contributed by atoms with van der Waals surface area (Å²) in [4.78, 5) is 13.6. The molecule has 1 saturated carbocycles. The smallest absolute Gasteiger partial charge is 0.222 e. The molecule has 0 spiro atoms. The summed E-state index contributed by atoms with van der Waals surface area (Å²) in [5.41, 5.74) is 5.53. The summed E-state index contributed by atoms with van der Waals surface area (Å²) in [6, 6.07) is 0.170. The molecular weight excluding hydrogens is 176 g/mol. The van der Waals surface area contributed by atoms with Gasteiger partial charge in [0.1, 0.15) is 0 Å². The highest BCUT2D eigenvalue weighted by molar-refractivity contribution is 5.76. The van der Waals surface area contributed by atoms with Crippen LogP contribution in [0.15, 0.2) is 0 Å².